The number of rotatable bonds is 8. The number of hydrogen-bond acceptors (Lipinski definition) is 4. The molecule has 0 aliphatic carbocycles. The summed E-state index contributed by atoms with van der Waals surface area (Å²) < 4.78 is 5.07. The second-order valence-corrected chi connectivity index (χ2v) is 4.38. The maximum absolute atomic E-state index is 11.7. The second kappa shape index (κ2) is 10.9. The van der Waals surface area contributed by atoms with Crippen LogP contribution in [0, 0.1) is 0 Å². The van der Waals surface area contributed by atoms with E-state index in [1.165, 1.54) is 25.0 Å². The Hall–Kier alpha value is -0.840. The van der Waals surface area contributed by atoms with Crippen LogP contribution in [-0.2, 0) is 4.74 Å². The third kappa shape index (κ3) is 6.55. The Balaban J connectivity index is 0.00000361. The minimum atomic E-state index is -1.37. The number of esters is 1. The number of unbranched alkanes of at least 4 members (excludes halogenated alkanes) is 4. The van der Waals surface area contributed by atoms with Crippen molar-refractivity contribution in [1.82, 2.24) is 0 Å². The quantitative estimate of drug-likeness (QED) is 0.356. The minimum absolute atomic E-state index is 0. The molecule has 20 heavy (non-hydrogen) atoms. The summed E-state index contributed by atoms with van der Waals surface area (Å²) in [6.45, 7) is 2.46. The van der Waals surface area contributed by atoms with Crippen LogP contribution in [0.15, 0.2) is 24.3 Å². The fourth-order valence-electron chi connectivity index (χ4n) is 1.79. The van der Waals surface area contributed by atoms with Crippen LogP contribution in [-0.4, -0.2) is 18.5 Å². The molecule has 0 aliphatic rings. The molecule has 0 atom stereocenters. The van der Waals surface area contributed by atoms with Crippen LogP contribution in [0.25, 0.3) is 0 Å². The van der Waals surface area contributed by atoms with Gasteiger partial charge in [-0.25, -0.2) is 4.79 Å². The fourth-order valence-corrected chi connectivity index (χ4v) is 1.79. The fraction of sp³-hybridized carbons (Fsp3) is 0.467. The maximum Gasteiger partial charge on any atom is 1.00 e. The van der Waals surface area contributed by atoms with Gasteiger partial charge in [-0.2, -0.15) is 0 Å². The van der Waals surface area contributed by atoms with Crippen molar-refractivity contribution in [3.05, 3.63) is 35.4 Å². The number of carbonyl (C=O) groups is 2. The molecular formula is C15H19NaO4. The molecule has 5 heteroatoms. The van der Waals surface area contributed by atoms with E-state index in [0.29, 0.717) is 6.61 Å². The normalized spacial score (nSPS) is 9.65. The van der Waals surface area contributed by atoms with E-state index in [-0.39, 0.29) is 40.7 Å². The van der Waals surface area contributed by atoms with E-state index in [9.17, 15) is 14.7 Å². The van der Waals surface area contributed by atoms with Crippen molar-refractivity contribution in [2.45, 2.75) is 39.0 Å². The van der Waals surface area contributed by atoms with Crippen LogP contribution in [0.3, 0.4) is 0 Å². The third-order valence-corrected chi connectivity index (χ3v) is 2.85. The Bertz CT molecular complexity index is 432. The average Bonchev–Trinajstić information content (AvgIpc) is 2.42. The Labute approximate surface area is 141 Å². The third-order valence-electron chi connectivity index (χ3n) is 2.85. The summed E-state index contributed by atoms with van der Waals surface area (Å²) in [6.07, 6.45) is 5.30. The molecule has 1 aromatic carbocycles. The Morgan fingerprint density at radius 1 is 1.05 bits per heavy atom. The molecule has 0 aromatic heterocycles. The summed E-state index contributed by atoms with van der Waals surface area (Å²) in [4.78, 5) is 22.6. The van der Waals surface area contributed by atoms with Gasteiger partial charge in [-0.3, -0.25) is 0 Å². The Kier molecular flexibility index (Phi) is 10.4. The average molecular weight is 286 g/mol. The van der Waals surface area contributed by atoms with Crippen molar-refractivity contribution < 1.29 is 49.0 Å². The smallest absolute Gasteiger partial charge is 0.545 e. The predicted octanol–water partition coefficient (Wildman–Crippen LogP) is -0.819. The number of ether oxygens (including phenoxy) is 1. The molecule has 0 aliphatic heterocycles. The monoisotopic (exact) mass is 286 g/mol. The first kappa shape index (κ1) is 19.2. The number of carbonyl (C=O) groups excluding carboxylic acids is 2. The number of carboxylic acid groups (broad SMARTS) is 1. The zero-order chi connectivity index (χ0) is 14.1. The first-order valence-corrected chi connectivity index (χ1v) is 6.64. The van der Waals surface area contributed by atoms with Crippen molar-refractivity contribution >= 4 is 11.9 Å². The van der Waals surface area contributed by atoms with E-state index >= 15 is 0 Å². The molecule has 1 aromatic rings. The van der Waals surface area contributed by atoms with Crippen LogP contribution >= 0.6 is 0 Å². The number of carboxylic acids is 1. The van der Waals surface area contributed by atoms with Gasteiger partial charge in [0.15, 0.2) is 0 Å². The number of hydrogen-bond donors (Lipinski definition) is 0. The SMILES string of the molecule is CCCCCCCOC(=O)c1ccccc1C(=O)[O-].[Na+]. The first-order chi connectivity index (χ1) is 9.16. The van der Waals surface area contributed by atoms with Gasteiger partial charge in [0.05, 0.1) is 18.1 Å². The largest absolute Gasteiger partial charge is 1.00 e. The molecule has 0 saturated carbocycles. The molecule has 4 nitrogen and oxygen atoms in total. The Morgan fingerprint density at radius 2 is 1.65 bits per heavy atom. The van der Waals surface area contributed by atoms with E-state index in [1.807, 2.05) is 0 Å². The molecule has 0 N–H and O–H groups in total. The van der Waals surface area contributed by atoms with E-state index in [4.69, 9.17) is 4.74 Å². The van der Waals surface area contributed by atoms with E-state index in [2.05, 4.69) is 6.92 Å². The number of aromatic carboxylic acids is 1. The molecule has 0 unspecified atom stereocenters. The standard InChI is InChI=1S/C15H20O4.Na/c1-2-3-4-5-8-11-19-15(18)13-10-7-6-9-12(13)14(16)17;/h6-7,9-10H,2-5,8,11H2,1H3,(H,16,17);/q;+1/p-1. The van der Waals surface area contributed by atoms with Crippen molar-refractivity contribution in [2.75, 3.05) is 6.61 Å². The van der Waals surface area contributed by atoms with Crippen molar-refractivity contribution in [1.29, 1.82) is 0 Å². The summed E-state index contributed by atoms with van der Waals surface area (Å²) in [6, 6.07) is 5.93. The van der Waals surface area contributed by atoms with Gasteiger partial charge in [0.25, 0.3) is 0 Å². The van der Waals surface area contributed by atoms with Crippen LogP contribution in [0.5, 0.6) is 0 Å². The summed E-state index contributed by atoms with van der Waals surface area (Å²) in [5.41, 5.74) is -0.0745. The van der Waals surface area contributed by atoms with Gasteiger partial charge in [0, 0.05) is 5.56 Å². The summed E-state index contributed by atoms with van der Waals surface area (Å²) in [7, 11) is 0. The van der Waals surface area contributed by atoms with Crippen LogP contribution < -0.4 is 34.7 Å². The molecule has 0 radical (unpaired) electrons. The molecular weight excluding hydrogens is 267 g/mol. The Morgan fingerprint density at radius 3 is 2.25 bits per heavy atom. The van der Waals surface area contributed by atoms with Crippen LogP contribution in [0.2, 0.25) is 0 Å². The molecule has 0 bridgehead atoms. The topological polar surface area (TPSA) is 66.4 Å². The van der Waals surface area contributed by atoms with Crippen molar-refractivity contribution in [3.8, 4) is 0 Å². The van der Waals surface area contributed by atoms with Gasteiger partial charge in [-0.15, -0.1) is 0 Å². The van der Waals surface area contributed by atoms with Gasteiger partial charge in [-0.05, 0) is 12.5 Å². The predicted molar refractivity (Wildman–Crippen MR) is 69.8 cm³/mol. The van der Waals surface area contributed by atoms with E-state index < -0.39 is 11.9 Å². The molecule has 104 valence electrons. The molecule has 0 spiro atoms. The zero-order valence-corrected chi connectivity index (χ0v) is 14.2. The van der Waals surface area contributed by atoms with Crippen molar-refractivity contribution in [3.63, 3.8) is 0 Å². The van der Waals surface area contributed by atoms with E-state index in [0.717, 1.165) is 19.3 Å². The molecule has 0 fully saturated rings. The second-order valence-electron chi connectivity index (χ2n) is 4.38. The molecule has 1 rings (SSSR count). The van der Waals surface area contributed by atoms with Gasteiger partial charge >= 0.3 is 35.5 Å². The van der Waals surface area contributed by atoms with Gasteiger partial charge in [0.2, 0.25) is 0 Å². The van der Waals surface area contributed by atoms with Crippen molar-refractivity contribution in [2.24, 2.45) is 0 Å². The first-order valence-electron chi connectivity index (χ1n) is 6.64. The maximum atomic E-state index is 11.7. The number of benzene rings is 1. The summed E-state index contributed by atoms with van der Waals surface area (Å²) >= 11 is 0. The van der Waals surface area contributed by atoms with Gasteiger partial charge in [0.1, 0.15) is 0 Å². The van der Waals surface area contributed by atoms with Gasteiger partial charge < -0.3 is 14.6 Å². The zero-order valence-electron chi connectivity index (χ0n) is 12.2. The summed E-state index contributed by atoms with van der Waals surface area (Å²) in [5.74, 6) is -1.97. The van der Waals surface area contributed by atoms with E-state index in [1.54, 1.807) is 12.1 Å². The van der Waals surface area contributed by atoms with Crippen LogP contribution in [0.4, 0.5) is 0 Å². The van der Waals surface area contributed by atoms with Gasteiger partial charge in [-0.1, -0.05) is 50.8 Å². The van der Waals surface area contributed by atoms with Crippen LogP contribution in [0.1, 0.15) is 59.7 Å². The minimum Gasteiger partial charge on any atom is -0.545 e. The molecule has 0 heterocycles. The summed E-state index contributed by atoms with van der Waals surface area (Å²) in [5, 5.41) is 10.9. The molecule has 0 saturated heterocycles. The molecule has 0 amide bonds.